The lowest BCUT2D eigenvalue weighted by atomic mass is 10.0. The zero-order valence-corrected chi connectivity index (χ0v) is 12.7. The van der Waals surface area contributed by atoms with Gasteiger partial charge < -0.3 is 20.4 Å². The van der Waals surface area contributed by atoms with Gasteiger partial charge in [0.15, 0.2) is 17.5 Å². The number of aliphatic carboxylic acids is 1. The highest BCUT2D eigenvalue weighted by Crippen LogP contribution is 2.33. The average Bonchev–Trinajstić information content (AvgIpc) is 2.83. The minimum Gasteiger partial charge on any atom is -0.504 e. The van der Waals surface area contributed by atoms with Gasteiger partial charge in [0.05, 0.1) is 11.1 Å². The van der Waals surface area contributed by atoms with Gasteiger partial charge in [-0.1, -0.05) is 18.2 Å². The number of fused-ring (bicyclic) bond motifs is 1. The van der Waals surface area contributed by atoms with Gasteiger partial charge in [0.1, 0.15) is 6.10 Å². The van der Waals surface area contributed by atoms with Crippen molar-refractivity contribution in [1.29, 1.82) is 0 Å². The van der Waals surface area contributed by atoms with E-state index in [-0.39, 0.29) is 16.7 Å². The molecule has 8 heteroatoms. The molecule has 0 aromatic heterocycles. The van der Waals surface area contributed by atoms with Crippen molar-refractivity contribution in [3.63, 3.8) is 0 Å². The number of phenolic OH excluding ortho intramolecular Hbond substituents is 2. The summed E-state index contributed by atoms with van der Waals surface area (Å²) in [5.74, 6) is -4.26. The summed E-state index contributed by atoms with van der Waals surface area (Å²) in [4.78, 5) is 37.1. The number of phenols is 2. The Hall–Kier alpha value is -3.39. The third-order valence-electron chi connectivity index (χ3n) is 4.00. The van der Waals surface area contributed by atoms with Crippen LogP contribution in [0.3, 0.4) is 0 Å². The van der Waals surface area contributed by atoms with Crippen molar-refractivity contribution in [2.75, 3.05) is 0 Å². The second-order valence-corrected chi connectivity index (χ2v) is 5.50. The van der Waals surface area contributed by atoms with Crippen LogP contribution in [0.2, 0.25) is 0 Å². The zero-order chi connectivity index (χ0) is 18.3. The molecular formula is C17H13NO7. The molecule has 2 atom stereocenters. The van der Waals surface area contributed by atoms with Crippen LogP contribution >= 0.6 is 0 Å². The number of carbonyl (C=O) groups excluding carboxylic acids is 2. The van der Waals surface area contributed by atoms with Crippen LogP contribution in [0.4, 0.5) is 0 Å². The van der Waals surface area contributed by atoms with Gasteiger partial charge in [-0.15, -0.1) is 0 Å². The molecule has 4 N–H and O–H groups in total. The molecule has 0 saturated heterocycles. The lowest BCUT2D eigenvalue weighted by molar-refractivity contribution is -0.145. The number of benzene rings is 2. The number of nitrogens with zero attached hydrogens (tertiary/aromatic N) is 1. The second kappa shape index (κ2) is 5.91. The predicted octanol–water partition coefficient (Wildman–Crippen LogP) is 0.881. The van der Waals surface area contributed by atoms with E-state index >= 15 is 0 Å². The molecule has 0 spiro atoms. The monoisotopic (exact) mass is 343 g/mol. The van der Waals surface area contributed by atoms with Gasteiger partial charge in [0.25, 0.3) is 11.8 Å². The Labute approximate surface area is 141 Å². The van der Waals surface area contributed by atoms with Gasteiger partial charge in [-0.05, 0) is 29.8 Å². The molecule has 0 bridgehead atoms. The van der Waals surface area contributed by atoms with Crippen LogP contribution < -0.4 is 0 Å². The minimum absolute atomic E-state index is 0.0551. The van der Waals surface area contributed by atoms with Gasteiger partial charge in [-0.25, -0.2) is 4.79 Å². The van der Waals surface area contributed by atoms with E-state index in [1.807, 2.05) is 0 Å². The second-order valence-electron chi connectivity index (χ2n) is 5.50. The first-order valence-corrected chi connectivity index (χ1v) is 7.22. The van der Waals surface area contributed by atoms with Crippen molar-refractivity contribution < 1.29 is 34.8 Å². The molecule has 2 aromatic rings. The molecule has 0 saturated carbocycles. The van der Waals surface area contributed by atoms with Gasteiger partial charge >= 0.3 is 5.97 Å². The molecular weight excluding hydrogens is 330 g/mol. The van der Waals surface area contributed by atoms with E-state index in [1.54, 1.807) is 0 Å². The largest absolute Gasteiger partial charge is 0.504 e. The van der Waals surface area contributed by atoms with Crippen LogP contribution in [-0.4, -0.2) is 49.2 Å². The number of aliphatic hydroxyl groups excluding tert-OH is 1. The molecule has 1 aliphatic rings. The summed E-state index contributed by atoms with van der Waals surface area (Å²) in [6.07, 6.45) is -1.80. The first-order valence-electron chi connectivity index (χ1n) is 7.22. The van der Waals surface area contributed by atoms with Crippen molar-refractivity contribution in [1.82, 2.24) is 4.90 Å². The fraction of sp³-hybridized carbons (Fsp3) is 0.118. The van der Waals surface area contributed by atoms with E-state index in [2.05, 4.69) is 0 Å². The normalized spacial score (nSPS) is 15.8. The highest BCUT2D eigenvalue weighted by atomic mass is 16.4. The van der Waals surface area contributed by atoms with Gasteiger partial charge in [0.2, 0.25) is 0 Å². The van der Waals surface area contributed by atoms with Crippen molar-refractivity contribution in [3.8, 4) is 11.5 Å². The van der Waals surface area contributed by atoms with Crippen molar-refractivity contribution in [3.05, 3.63) is 59.2 Å². The van der Waals surface area contributed by atoms with E-state index in [0.29, 0.717) is 4.90 Å². The molecule has 8 nitrogen and oxygen atoms in total. The van der Waals surface area contributed by atoms with E-state index in [0.717, 1.165) is 12.1 Å². The third kappa shape index (κ3) is 2.58. The minimum atomic E-state index is -1.89. The smallest absolute Gasteiger partial charge is 0.330 e. The molecule has 0 aliphatic carbocycles. The number of carbonyl (C=O) groups is 3. The molecule has 128 valence electrons. The number of hydrogen-bond acceptors (Lipinski definition) is 6. The quantitative estimate of drug-likeness (QED) is 0.478. The average molecular weight is 343 g/mol. The van der Waals surface area contributed by atoms with Crippen molar-refractivity contribution >= 4 is 17.8 Å². The van der Waals surface area contributed by atoms with Gasteiger partial charge in [-0.3, -0.25) is 14.5 Å². The standard InChI is InChI=1S/C17H13NO7/c19-11-6-5-8(7-12(11)20)14(21)13(17(24)25)18-15(22)9-3-1-2-4-10(9)16(18)23/h1-7,13-14,19-21H,(H,24,25)/t13-,14+/m0/s1. The number of aromatic hydroxyl groups is 2. The summed E-state index contributed by atoms with van der Waals surface area (Å²) in [6, 6.07) is 7.20. The summed E-state index contributed by atoms with van der Waals surface area (Å²) >= 11 is 0. The fourth-order valence-corrected chi connectivity index (χ4v) is 2.75. The number of aliphatic hydroxyl groups is 1. The first kappa shape index (κ1) is 16.5. The third-order valence-corrected chi connectivity index (χ3v) is 4.00. The summed E-state index contributed by atoms with van der Waals surface area (Å²) in [5, 5.41) is 38.8. The van der Waals surface area contributed by atoms with Crippen LogP contribution in [0.25, 0.3) is 0 Å². The van der Waals surface area contributed by atoms with Gasteiger partial charge in [-0.2, -0.15) is 0 Å². The Morgan fingerprint density at radius 1 is 0.920 bits per heavy atom. The van der Waals surface area contributed by atoms with E-state index in [4.69, 9.17) is 0 Å². The van der Waals surface area contributed by atoms with Crippen LogP contribution in [0, 0.1) is 0 Å². The van der Waals surface area contributed by atoms with Gasteiger partial charge in [0, 0.05) is 0 Å². The molecule has 25 heavy (non-hydrogen) atoms. The maximum atomic E-state index is 12.5. The molecule has 2 amide bonds. The highest BCUT2D eigenvalue weighted by molar-refractivity contribution is 6.22. The van der Waals surface area contributed by atoms with Crippen LogP contribution in [0.5, 0.6) is 11.5 Å². The summed E-state index contributed by atoms with van der Waals surface area (Å²) in [6.45, 7) is 0. The lowest BCUT2D eigenvalue weighted by Gasteiger charge is -2.27. The van der Waals surface area contributed by atoms with Crippen molar-refractivity contribution in [2.24, 2.45) is 0 Å². The van der Waals surface area contributed by atoms with Crippen molar-refractivity contribution in [2.45, 2.75) is 12.1 Å². The maximum absolute atomic E-state index is 12.5. The number of hydrogen-bond donors (Lipinski definition) is 4. The highest BCUT2D eigenvalue weighted by Gasteiger charge is 2.46. The lowest BCUT2D eigenvalue weighted by Crippen LogP contribution is -2.48. The fourth-order valence-electron chi connectivity index (χ4n) is 2.75. The SMILES string of the molecule is O=C(O)[C@H]([C@H](O)c1ccc(O)c(O)c1)N1C(=O)c2ccccc2C1=O. The number of amides is 2. The summed E-state index contributed by atoms with van der Waals surface area (Å²) < 4.78 is 0. The van der Waals surface area contributed by atoms with E-state index in [9.17, 15) is 34.8 Å². The first-order chi connectivity index (χ1) is 11.8. The molecule has 1 aliphatic heterocycles. The Morgan fingerprint density at radius 3 is 1.96 bits per heavy atom. The Morgan fingerprint density at radius 2 is 1.48 bits per heavy atom. The summed E-state index contributed by atoms with van der Waals surface area (Å²) in [7, 11) is 0. The Kier molecular flexibility index (Phi) is 3.90. The molecule has 0 unspecified atom stereocenters. The molecule has 0 fully saturated rings. The topological polar surface area (TPSA) is 135 Å². The van der Waals surface area contributed by atoms with Crippen LogP contribution in [-0.2, 0) is 4.79 Å². The maximum Gasteiger partial charge on any atom is 0.330 e. The zero-order valence-electron chi connectivity index (χ0n) is 12.7. The molecule has 1 heterocycles. The number of rotatable bonds is 4. The molecule has 0 radical (unpaired) electrons. The Balaban J connectivity index is 2.02. The number of carboxylic acids is 1. The molecule has 2 aromatic carbocycles. The van der Waals surface area contributed by atoms with E-state index < -0.39 is 41.4 Å². The number of carboxylic acid groups (broad SMARTS) is 1. The van der Waals surface area contributed by atoms with Crippen LogP contribution in [0.1, 0.15) is 32.4 Å². The molecule has 3 rings (SSSR count). The Bertz CT molecular complexity index is 857. The predicted molar refractivity (Wildman–Crippen MR) is 83.1 cm³/mol. The van der Waals surface area contributed by atoms with Crippen LogP contribution in [0.15, 0.2) is 42.5 Å². The van der Waals surface area contributed by atoms with E-state index in [1.165, 1.54) is 30.3 Å². The summed E-state index contributed by atoms with van der Waals surface area (Å²) in [5.41, 5.74) is 0.0401. The number of imide groups is 1.